The minimum Gasteiger partial charge on any atom is -0.359 e. The van der Waals surface area contributed by atoms with E-state index in [1.54, 1.807) is 0 Å². The van der Waals surface area contributed by atoms with Crippen molar-refractivity contribution in [3.05, 3.63) is 0 Å². The van der Waals surface area contributed by atoms with Gasteiger partial charge in [0.1, 0.15) is 6.23 Å². The van der Waals surface area contributed by atoms with E-state index in [9.17, 15) is 0 Å². The van der Waals surface area contributed by atoms with Gasteiger partial charge in [-0.3, -0.25) is 4.90 Å². The first-order chi connectivity index (χ1) is 8.91. The lowest BCUT2D eigenvalue weighted by atomic mass is 9.50. The van der Waals surface area contributed by atoms with Crippen LogP contribution in [0, 0.1) is 17.3 Å². The number of nitrogens with zero attached hydrogens (tertiary/aromatic N) is 1. The third-order valence-corrected chi connectivity index (χ3v) is 6.70. The van der Waals surface area contributed by atoms with Crippen molar-refractivity contribution in [3.8, 4) is 0 Å². The first-order valence-corrected chi connectivity index (χ1v) is 8.06. The van der Waals surface area contributed by atoms with Gasteiger partial charge >= 0.3 is 0 Å². The Labute approximate surface area is 109 Å². The van der Waals surface area contributed by atoms with Crippen molar-refractivity contribution in [2.45, 2.75) is 63.4 Å². The third-order valence-electron chi connectivity index (χ3n) is 6.70. The van der Waals surface area contributed by atoms with Gasteiger partial charge in [0.05, 0.1) is 12.3 Å². The van der Waals surface area contributed by atoms with E-state index in [0.717, 1.165) is 11.8 Å². The van der Waals surface area contributed by atoms with Crippen LogP contribution in [0.15, 0.2) is 0 Å². The van der Waals surface area contributed by atoms with Crippen molar-refractivity contribution >= 4 is 0 Å². The lowest BCUT2D eigenvalue weighted by Gasteiger charge is -2.72. The first kappa shape index (κ1) is 10.6. The lowest BCUT2D eigenvalue weighted by molar-refractivity contribution is -0.355. The highest BCUT2D eigenvalue weighted by molar-refractivity contribution is 5.15. The zero-order valence-corrected chi connectivity index (χ0v) is 11.1. The predicted molar refractivity (Wildman–Crippen MR) is 68.9 cm³/mol. The molecule has 6 aliphatic rings. The van der Waals surface area contributed by atoms with Gasteiger partial charge in [-0.05, 0) is 51.0 Å². The Hall–Kier alpha value is -0.120. The summed E-state index contributed by atoms with van der Waals surface area (Å²) in [7, 11) is 0. The average Bonchev–Trinajstić information content (AvgIpc) is 2.40. The number of nitrogens with one attached hydrogen (secondary N) is 1. The minimum atomic E-state index is 0.464. The van der Waals surface area contributed by atoms with E-state index >= 15 is 0 Å². The lowest BCUT2D eigenvalue weighted by Crippen LogP contribution is -2.80. The summed E-state index contributed by atoms with van der Waals surface area (Å²) >= 11 is 0. The number of hydrogen-bond acceptors (Lipinski definition) is 3. The van der Waals surface area contributed by atoms with Crippen molar-refractivity contribution in [1.82, 2.24) is 10.2 Å². The molecule has 18 heavy (non-hydrogen) atoms. The number of hydrogen-bond donors (Lipinski definition) is 1. The monoisotopic (exact) mass is 248 g/mol. The summed E-state index contributed by atoms with van der Waals surface area (Å²) in [6, 6.07) is 0. The van der Waals surface area contributed by atoms with Gasteiger partial charge in [0.25, 0.3) is 0 Å². The fourth-order valence-electron chi connectivity index (χ4n) is 6.27. The van der Waals surface area contributed by atoms with Crippen LogP contribution in [0.3, 0.4) is 0 Å². The van der Waals surface area contributed by atoms with Crippen molar-refractivity contribution in [2.75, 3.05) is 13.1 Å². The van der Waals surface area contributed by atoms with Crippen molar-refractivity contribution < 1.29 is 4.74 Å². The number of piperidine rings is 3. The van der Waals surface area contributed by atoms with Crippen LogP contribution in [-0.4, -0.2) is 36.5 Å². The highest BCUT2D eigenvalue weighted by Crippen LogP contribution is 2.63. The third kappa shape index (κ3) is 1.05. The fraction of sp³-hybridized carbons (Fsp3) is 1.00. The summed E-state index contributed by atoms with van der Waals surface area (Å²) in [4.78, 5) is 2.70. The molecule has 5 heterocycles. The Morgan fingerprint density at radius 1 is 1.11 bits per heavy atom. The second-order valence-corrected chi connectivity index (χ2v) is 7.17. The minimum absolute atomic E-state index is 0.464. The maximum Gasteiger partial charge on any atom is 0.115 e. The molecule has 0 radical (unpaired) electrons. The average molecular weight is 248 g/mol. The summed E-state index contributed by atoms with van der Waals surface area (Å²) in [6.07, 6.45) is 11.5. The van der Waals surface area contributed by atoms with Gasteiger partial charge in [0.2, 0.25) is 0 Å². The fourth-order valence-corrected chi connectivity index (χ4v) is 6.27. The Kier molecular flexibility index (Phi) is 2.07. The van der Waals surface area contributed by atoms with Crippen molar-refractivity contribution in [2.24, 2.45) is 17.3 Å². The molecule has 6 rings (SSSR count). The normalized spacial score (nSPS) is 61.3. The molecule has 0 amide bonds. The smallest absolute Gasteiger partial charge is 0.115 e. The standard InChI is InChI=1S/C15H24N2O/c1-5-11-10-4-2-9-17-13(10)18-12(6-1)15(11)7-3-8-16-14(15)17/h10-14,16H,1-9H2/t10-,11+,12-,13?,14-,15-/m1/s1. The summed E-state index contributed by atoms with van der Waals surface area (Å²) in [5.41, 5.74) is 0.482. The molecule has 1 spiro atoms. The molecule has 3 nitrogen and oxygen atoms in total. The zero-order chi connectivity index (χ0) is 11.7. The van der Waals surface area contributed by atoms with Crippen LogP contribution in [0.2, 0.25) is 0 Å². The van der Waals surface area contributed by atoms with E-state index in [4.69, 9.17) is 4.74 Å². The Balaban J connectivity index is 1.66. The molecule has 5 saturated heterocycles. The number of ether oxygens (including phenoxy) is 1. The molecule has 7 atom stereocenters. The number of rotatable bonds is 0. The Bertz CT molecular complexity index is 351. The molecule has 3 heteroatoms. The molecule has 1 aliphatic carbocycles. The van der Waals surface area contributed by atoms with Crippen molar-refractivity contribution in [1.29, 1.82) is 0 Å². The van der Waals surface area contributed by atoms with E-state index in [1.165, 1.54) is 58.0 Å². The first-order valence-electron chi connectivity index (χ1n) is 8.06. The van der Waals surface area contributed by atoms with Crippen molar-refractivity contribution in [3.63, 3.8) is 0 Å². The highest BCUT2D eigenvalue weighted by Gasteiger charge is 2.68. The second-order valence-electron chi connectivity index (χ2n) is 7.17. The van der Waals surface area contributed by atoms with Crippen LogP contribution < -0.4 is 5.32 Å². The van der Waals surface area contributed by atoms with Gasteiger partial charge in [-0.15, -0.1) is 0 Å². The van der Waals surface area contributed by atoms with Crippen LogP contribution in [0.1, 0.15) is 44.9 Å². The molecule has 6 bridgehead atoms. The topological polar surface area (TPSA) is 24.5 Å². The second kappa shape index (κ2) is 3.50. The van der Waals surface area contributed by atoms with E-state index < -0.39 is 0 Å². The molecule has 0 aromatic heterocycles. The summed E-state index contributed by atoms with van der Waals surface area (Å²) in [6.45, 7) is 2.49. The molecule has 1 saturated carbocycles. The van der Waals surface area contributed by atoms with E-state index in [-0.39, 0.29) is 0 Å². The Morgan fingerprint density at radius 3 is 3.11 bits per heavy atom. The molecule has 100 valence electrons. The van der Waals surface area contributed by atoms with Gasteiger partial charge < -0.3 is 10.1 Å². The van der Waals surface area contributed by atoms with Gasteiger partial charge in [-0.2, -0.15) is 0 Å². The van der Waals surface area contributed by atoms with Gasteiger partial charge in [0.15, 0.2) is 0 Å². The maximum absolute atomic E-state index is 6.57. The molecule has 0 aromatic rings. The molecule has 0 aromatic carbocycles. The van der Waals surface area contributed by atoms with Gasteiger partial charge in [0, 0.05) is 17.9 Å². The van der Waals surface area contributed by atoms with Crippen LogP contribution >= 0.6 is 0 Å². The van der Waals surface area contributed by atoms with Crippen LogP contribution in [-0.2, 0) is 4.74 Å². The van der Waals surface area contributed by atoms with E-state index in [1.807, 2.05) is 0 Å². The predicted octanol–water partition coefficient (Wildman–Crippen LogP) is 1.93. The quantitative estimate of drug-likeness (QED) is 0.709. The van der Waals surface area contributed by atoms with Crippen LogP contribution in [0.25, 0.3) is 0 Å². The summed E-state index contributed by atoms with van der Waals surface area (Å²) in [5, 5.41) is 3.87. The SMILES string of the molecule is C1C[C@H]2OC3[C@@H]4CCCN3[C@H]3NCCC[C@]32[C@H]4C1. The summed E-state index contributed by atoms with van der Waals surface area (Å²) < 4.78 is 6.57. The van der Waals surface area contributed by atoms with Gasteiger partial charge in [-0.1, -0.05) is 6.42 Å². The molecule has 1 N–H and O–H groups in total. The van der Waals surface area contributed by atoms with Crippen LogP contribution in [0.5, 0.6) is 0 Å². The molecular formula is C15H24N2O. The van der Waals surface area contributed by atoms with E-state index in [2.05, 4.69) is 10.2 Å². The molecular weight excluding hydrogens is 224 g/mol. The Morgan fingerprint density at radius 2 is 2.11 bits per heavy atom. The molecule has 2 unspecified atom stereocenters. The van der Waals surface area contributed by atoms with Crippen LogP contribution in [0.4, 0.5) is 0 Å². The highest BCUT2D eigenvalue weighted by atomic mass is 16.5. The zero-order valence-electron chi connectivity index (χ0n) is 11.1. The van der Waals surface area contributed by atoms with E-state index in [0.29, 0.717) is 23.9 Å². The molecule has 5 aliphatic heterocycles. The largest absolute Gasteiger partial charge is 0.359 e. The maximum atomic E-state index is 6.57. The summed E-state index contributed by atoms with van der Waals surface area (Å²) in [5.74, 6) is 1.82. The molecule has 6 fully saturated rings. The van der Waals surface area contributed by atoms with Gasteiger partial charge in [-0.25, -0.2) is 0 Å².